The summed E-state index contributed by atoms with van der Waals surface area (Å²) in [5, 5.41) is 12.0. The van der Waals surface area contributed by atoms with Crippen molar-refractivity contribution in [2.24, 2.45) is 4.99 Å². The van der Waals surface area contributed by atoms with Crippen molar-refractivity contribution in [3.05, 3.63) is 59.7 Å². The molecule has 33 heavy (non-hydrogen) atoms. The number of carboxylic acids is 1. The van der Waals surface area contributed by atoms with Gasteiger partial charge in [-0.15, -0.1) is 0 Å². The molecule has 0 saturated heterocycles. The van der Waals surface area contributed by atoms with Crippen LogP contribution in [0.1, 0.15) is 51.2 Å². The van der Waals surface area contributed by atoms with Gasteiger partial charge in [0.25, 0.3) is 0 Å². The molecule has 8 heteroatoms. The van der Waals surface area contributed by atoms with E-state index in [0.29, 0.717) is 0 Å². The fraction of sp³-hybridized carbons (Fsp3) is 0.360. The molecule has 1 aliphatic carbocycles. The Morgan fingerprint density at radius 2 is 1.55 bits per heavy atom. The van der Waals surface area contributed by atoms with E-state index in [0.717, 1.165) is 28.5 Å². The summed E-state index contributed by atoms with van der Waals surface area (Å²) >= 11 is 0. The van der Waals surface area contributed by atoms with Gasteiger partial charge in [0.05, 0.1) is 0 Å². The lowest BCUT2D eigenvalue weighted by Gasteiger charge is -2.25. The monoisotopic (exact) mass is 452 g/mol. The number of amides is 2. The topological polar surface area (TPSA) is 114 Å². The summed E-state index contributed by atoms with van der Waals surface area (Å²) in [7, 11) is 0. The van der Waals surface area contributed by atoms with Crippen molar-refractivity contribution in [3.8, 4) is 11.1 Å². The van der Waals surface area contributed by atoms with Crippen LogP contribution >= 0.6 is 0 Å². The molecule has 2 N–H and O–H groups in total. The molecule has 2 amide bonds. The Hall–Kier alpha value is -3.68. The maximum Gasteiger partial charge on any atom is 0.433 e. The molecule has 2 aromatic carbocycles. The zero-order valence-corrected chi connectivity index (χ0v) is 19.1. The van der Waals surface area contributed by atoms with Crippen molar-refractivity contribution in [2.45, 2.75) is 51.2 Å². The summed E-state index contributed by atoms with van der Waals surface area (Å²) in [5.41, 5.74) is 1.86. The largest absolute Gasteiger partial charge is 0.480 e. The van der Waals surface area contributed by atoms with Crippen LogP contribution in [0.4, 0.5) is 9.59 Å². The summed E-state index contributed by atoms with van der Waals surface area (Å²) in [4.78, 5) is 39.6. The number of carbonyl (C=O) groups excluding carboxylic acids is 2. The SMILES string of the molecule is CC(C)(C)OC(=O)/N=C\CC(C)(NC(=O)OCC1c2ccccc2-c2ccccc21)C(=O)O. The van der Waals surface area contributed by atoms with E-state index in [-0.39, 0.29) is 18.9 Å². The van der Waals surface area contributed by atoms with E-state index < -0.39 is 29.3 Å². The van der Waals surface area contributed by atoms with E-state index in [2.05, 4.69) is 10.3 Å². The number of hydrogen-bond acceptors (Lipinski definition) is 5. The number of carbonyl (C=O) groups is 3. The number of rotatable bonds is 6. The minimum atomic E-state index is -1.71. The molecule has 0 aliphatic heterocycles. The van der Waals surface area contributed by atoms with Crippen LogP contribution in [0.2, 0.25) is 0 Å². The highest BCUT2D eigenvalue weighted by Crippen LogP contribution is 2.44. The average molecular weight is 453 g/mol. The number of nitrogens with zero attached hydrogens (tertiary/aromatic N) is 1. The van der Waals surface area contributed by atoms with Crippen LogP contribution in [0.3, 0.4) is 0 Å². The van der Waals surface area contributed by atoms with Crippen molar-refractivity contribution < 1.29 is 29.0 Å². The van der Waals surface area contributed by atoms with Gasteiger partial charge >= 0.3 is 18.2 Å². The van der Waals surface area contributed by atoms with Gasteiger partial charge in [-0.2, -0.15) is 4.99 Å². The third-order valence-corrected chi connectivity index (χ3v) is 5.28. The molecular formula is C25H28N2O6. The second-order valence-electron chi connectivity index (χ2n) is 9.08. The van der Waals surface area contributed by atoms with Crippen molar-refractivity contribution in [1.82, 2.24) is 5.32 Å². The highest BCUT2D eigenvalue weighted by Gasteiger charge is 2.36. The number of aliphatic carboxylic acids is 1. The Labute approximate surface area is 192 Å². The second kappa shape index (κ2) is 9.44. The van der Waals surface area contributed by atoms with E-state index in [1.807, 2.05) is 48.5 Å². The zero-order chi connectivity index (χ0) is 24.2. The van der Waals surface area contributed by atoms with Crippen LogP contribution in [0.5, 0.6) is 0 Å². The Morgan fingerprint density at radius 1 is 1.00 bits per heavy atom. The van der Waals surface area contributed by atoms with Crippen molar-refractivity contribution in [2.75, 3.05) is 6.61 Å². The van der Waals surface area contributed by atoms with Gasteiger partial charge in [0.1, 0.15) is 17.7 Å². The van der Waals surface area contributed by atoms with Crippen LogP contribution in [0.15, 0.2) is 53.5 Å². The van der Waals surface area contributed by atoms with E-state index >= 15 is 0 Å². The summed E-state index contributed by atoms with van der Waals surface area (Å²) in [6.07, 6.45) is -0.818. The predicted octanol–water partition coefficient (Wildman–Crippen LogP) is 4.76. The van der Waals surface area contributed by atoms with E-state index in [4.69, 9.17) is 9.47 Å². The molecule has 0 saturated carbocycles. The molecule has 0 spiro atoms. The number of nitrogens with one attached hydrogen (secondary N) is 1. The second-order valence-corrected chi connectivity index (χ2v) is 9.08. The quantitative estimate of drug-likeness (QED) is 0.611. The van der Waals surface area contributed by atoms with Crippen molar-refractivity contribution in [1.29, 1.82) is 0 Å². The van der Waals surface area contributed by atoms with Gasteiger partial charge in [0, 0.05) is 18.6 Å². The number of aliphatic imine (C=N–C) groups is 1. The smallest absolute Gasteiger partial charge is 0.433 e. The van der Waals surface area contributed by atoms with Gasteiger partial charge in [-0.05, 0) is 49.9 Å². The zero-order valence-electron chi connectivity index (χ0n) is 19.1. The number of carboxylic acid groups (broad SMARTS) is 1. The summed E-state index contributed by atoms with van der Waals surface area (Å²) in [6.45, 7) is 6.46. The maximum absolute atomic E-state index is 12.5. The molecule has 2 aromatic rings. The standard InChI is InChI=1S/C25H28N2O6/c1-24(2,3)33-22(30)26-14-13-25(4,21(28)29)27-23(31)32-15-20-18-11-7-5-9-16(18)17-10-6-8-12-19(17)20/h5-12,14,20H,13,15H2,1-4H3,(H,27,31)(H,28,29)/b26-14-. The van der Waals surface area contributed by atoms with E-state index in [1.165, 1.54) is 6.92 Å². The number of ether oxygens (including phenoxy) is 2. The van der Waals surface area contributed by atoms with Gasteiger partial charge in [-0.25, -0.2) is 14.4 Å². The fourth-order valence-electron chi connectivity index (χ4n) is 3.64. The summed E-state index contributed by atoms with van der Waals surface area (Å²) < 4.78 is 10.5. The number of benzene rings is 2. The molecule has 0 radical (unpaired) electrons. The molecule has 8 nitrogen and oxygen atoms in total. The van der Waals surface area contributed by atoms with Gasteiger partial charge < -0.3 is 19.9 Å². The third-order valence-electron chi connectivity index (χ3n) is 5.28. The lowest BCUT2D eigenvalue weighted by Crippen LogP contribution is -2.52. The molecule has 0 fully saturated rings. The maximum atomic E-state index is 12.5. The Balaban J connectivity index is 1.64. The molecule has 1 unspecified atom stereocenters. The first-order chi connectivity index (χ1) is 15.5. The number of fused-ring (bicyclic) bond motifs is 3. The van der Waals surface area contributed by atoms with E-state index in [1.54, 1.807) is 20.8 Å². The van der Waals surface area contributed by atoms with Gasteiger partial charge in [-0.3, -0.25) is 0 Å². The molecule has 0 bridgehead atoms. The Morgan fingerprint density at radius 3 is 2.06 bits per heavy atom. The van der Waals surface area contributed by atoms with Crippen LogP contribution < -0.4 is 5.32 Å². The summed E-state index contributed by atoms with van der Waals surface area (Å²) in [6, 6.07) is 15.8. The molecule has 1 aliphatic rings. The van der Waals surface area contributed by atoms with Crippen molar-refractivity contribution in [3.63, 3.8) is 0 Å². The highest BCUT2D eigenvalue weighted by atomic mass is 16.6. The number of hydrogen-bond donors (Lipinski definition) is 2. The minimum absolute atomic E-state index is 0.0571. The molecule has 0 heterocycles. The lowest BCUT2D eigenvalue weighted by atomic mass is 9.98. The third kappa shape index (κ3) is 5.77. The van der Waals surface area contributed by atoms with Crippen LogP contribution in [0.25, 0.3) is 11.1 Å². The first-order valence-electron chi connectivity index (χ1n) is 10.6. The van der Waals surface area contributed by atoms with E-state index in [9.17, 15) is 19.5 Å². The Kier molecular flexibility index (Phi) is 6.86. The normalized spacial score (nSPS) is 14.8. The van der Waals surface area contributed by atoms with Gasteiger partial charge in [0.2, 0.25) is 0 Å². The van der Waals surface area contributed by atoms with Crippen LogP contribution in [-0.4, -0.2) is 47.2 Å². The molecule has 3 rings (SSSR count). The predicted molar refractivity (Wildman–Crippen MR) is 124 cm³/mol. The van der Waals surface area contributed by atoms with Gasteiger partial charge in [-0.1, -0.05) is 48.5 Å². The molecule has 1 atom stereocenters. The van der Waals surface area contributed by atoms with Gasteiger partial charge in [0.15, 0.2) is 0 Å². The first kappa shape index (κ1) is 24.0. The van der Waals surface area contributed by atoms with Crippen LogP contribution in [-0.2, 0) is 14.3 Å². The minimum Gasteiger partial charge on any atom is -0.480 e. The highest BCUT2D eigenvalue weighted by molar-refractivity contribution is 5.89. The first-order valence-corrected chi connectivity index (χ1v) is 10.6. The average Bonchev–Trinajstić information content (AvgIpc) is 3.04. The van der Waals surface area contributed by atoms with Crippen LogP contribution in [0, 0.1) is 0 Å². The number of alkyl carbamates (subject to hydrolysis) is 1. The molecular weight excluding hydrogens is 424 g/mol. The van der Waals surface area contributed by atoms with Crippen molar-refractivity contribution >= 4 is 24.4 Å². The summed E-state index contributed by atoms with van der Waals surface area (Å²) in [5.74, 6) is -1.43. The Bertz CT molecular complexity index is 1040. The molecule has 174 valence electrons. The molecule has 0 aromatic heterocycles. The lowest BCUT2D eigenvalue weighted by molar-refractivity contribution is -0.143. The fourth-order valence-corrected chi connectivity index (χ4v) is 3.64.